The van der Waals surface area contributed by atoms with Crippen LogP contribution in [0.15, 0.2) is 29.4 Å². The Labute approximate surface area is 142 Å². The monoisotopic (exact) mass is 340 g/mol. The zero-order valence-corrected chi connectivity index (χ0v) is 14.2. The molecule has 0 aliphatic heterocycles. The van der Waals surface area contributed by atoms with Crippen LogP contribution >= 0.6 is 11.8 Å². The van der Waals surface area contributed by atoms with Crippen molar-refractivity contribution in [2.45, 2.75) is 37.7 Å². The number of rotatable bonds is 5. The van der Waals surface area contributed by atoms with E-state index < -0.39 is 0 Å². The maximum Gasteiger partial charge on any atom is 0.192 e. The van der Waals surface area contributed by atoms with Gasteiger partial charge in [0, 0.05) is 11.9 Å². The molecular weight excluding hydrogens is 324 g/mol. The summed E-state index contributed by atoms with van der Waals surface area (Å²) in [6.45, 7) is 4.80. The second-order valence-corrected chi connectivity index (χ2v) is 6.36. The van der Waals surface area contributed by atoms with Gasteiger partial charge in [0.1, 0.15) is 5.82 Å². The first-order valence-electron chi connectivity index (χ1n) is 7.76. The lowest BCUT2D eigenvalue weighted by atomic mass is 10.2. The average molecular weight is 340 g/mol. The lowest BCUT2D eigenvalue weighted by Gasteiger charge is -2.06. The van der Waals surface area contributed by atoms with Crippen molar-refractivity contribution in [2.24, 2.45) is 0 Å². The van der Waals surface area contributed by atoms with Gasteiger partial charge >= 0.3 is 0 Å². The summed E-state index contributed by atoms with van der Waals surface area (Å²) in [7, 11) is 0. The predicted molar refractivity (Wildman–Crippen MR) is 90.7 cm³/mol. The summed E-state index contributed by atoms with van der Waals surface area (Å²) < 4.78 is 3.63. The molecule has 24 heavy (non-hydrogen) atoms. The molecule has 3 heterocycles. The van der Waals surface area contributed by atoms with Gasteiger partial charge in [-0.05, 0) is 35.9 Å². The van der Waals surface area contributed by atoms with Crippen molar-refractivity contribution in [3.8, 4) is 0 Å². The molecule has 0 N–H and O–H groups in total. The van der Waals surface area contributed by atoms with Crippen molar-refractivity contribution in [2.75, 3.05) is 0 Å². The summed E-state index contributed by atoms with van der Waals surface area (Å²) in [5, 5.41) is 18.2. The number of tetrazole rings is 1. The molecule has 1 aromatic carbocycles. The molecule has 0 saturated heterocycles. The third-order valence-electron chi connectivity index (χ3n) is 3.63. The molecule has 4 rings (SSSR count). The molecular formula is C15H16N8S. The Morgan fingerprint density at radius 1 is 1.17 bits per heavy atom. The minimum Gasteiger partial charge on any atom is -0.229 e. The van der Waals surface area contributed by atoms with E-state index >= 15 is 0 Å². The summed E-state index contributed by atoms with van der Waals surface area (Å²) in [6.07, 6.45) is 0.990. The first kappa shape index (κ1) is 15.0. The molecule has 0 aliphatic carbocycles. The summed E-state index contributed by atoms with van der Waals surface area (Å²) in [5.74, 6) is 2.19. The normalized spacial score (nSPS) is 11.6. The van der Waals surface area contributed by atoms with Crippen LogP contribution in [-0.4, -0.2) is 39.8 Å². The second kappa shape index (κ2) is 6.16. The summed E-state index contributed by atoms with van der Waals surface area (Å²) in [6, 6.07) is 7.97. The standard InChI is InChI=1S/C15H16N8S/c1-3-8-22-13(18-20-21-22)9-24-15-17-12-7-5-4-6-11(12)14-16-10(2)19-23(14)15/h4-7H,3,8-9H2,1-2H3. The van der Waals surface area contributed by atoms with Gasteiger partial charge in [-0.1, -0.05) is 30.8 Å². The Kier molecular flexibility index (Phi) is 3.85. The van der Waals surface area contributed by atoms with E-state index in [4.69, 9.17) is 4.98 Å². The number of hydrogen-bond acceptors (Lipinski definition) is 7. The maximum atomic E-state index is 4.74. The van der Waals surface area contributed by atoms with Gasteiger partial charge in [0.15, 0.2) is 16.6 Å². The van der Waals surface area contributed by atoms with Gasteiger partial charge in [-0.3, -0.25) is 0 Å². The number of benzene rings is 1. The zero-order valence-electron chi connectivity index (χ0n) is 13.4. The number of aryl methyl sites for hydroxylation is 2. The number of para-hydroxylation sites is 1. The molecule has 8 nitrogen and oxygen atoms in total. The number of fused-ring (bicyclic) bond motifs is 3. The van der Waals surface area contributed by atoms with Crippen LogP contribution in [0, 0.1) is 6.92 Å². The number of aromatic nitrogens is 8. The fraction of sp³-hybridized carbons (Fsp3) is 0.333. The van der Waals surface area contributed by atoms with Crippen LogP contribution in [0.4, 0.5) is 0 Å². The van der Waals surface area contributed by atoms with E-state index in [1.54, 1.807) is 16.3 Å². The van der Waals surface area contributed by atoms with Gasteiger partial charge < -0.3 is 0 Å². The Morgan fingerprint density at radius 2 is 2.04 bits per heavy atom. The topological polar surface area (TPSA) is 86.7 Å². The maximum absolute atomic E-state index is 4.74. The van der Waals surface area contributed by atoms with Crippen LogP contribution in [0.5, 0.6) is 0 Å². The van der Waals surface area contributed by atoms with E-state index in [1.165, 1.54) is 0 Å². The van der Waals surface area contributed by atoms with Crippen LogP contribution in [0.3, 0.4) is 0 Å². The van der Waals surface area contributed by atoms with E-state index in [2.05, 4.69) is 32.5 Å². The van der Waals surface area contributed by atoms with Crippen LogP contribution in [0.1, 0.15) is 25.0 Å². The largest absolute Gasteiger partial charge is 0.229 e. The first-order chi connectivity index (χ1) is 11.8. The van der Waals surface area contributed by atoms with Gasteiger partial charge in [0.2, 0.25) is 0 Å². The molecule has 0 aliphatic rings. The Balaban J connectivity index is 1.73. The summed E-state index contributed by atoms with van der Waals surface area (Å²) >= 11 is 1.56. The summed E-state index contributed by atoms with van der Waals surface area (Å²) in [5.41, 5.74) is 1.74. The second-order valence-electron chi connectivity index (χ2n) is 5.41. The highest BCUT2D eigenvalue weighted by Crippen LogP contribution is 2.25. The fourth-order valence-corrected chi connectivity index (χ4v) is 3.45. The Hall–Kier alpha value is -2.55. The van der Waals surface area contributed by atoms with Crippen molar-refractivity contribution in [3.63, 3.8) is 0 Å². The first-order valence-corrected chi connectivity index (χ1v) is 8.75. The summed E-state index contributed by atoms with van der Waals surface area (Å²) in [4.78, 5) is 9.28. The minimum absolute atomic E-state index is 0.631. The highest BCUT2D eigenvalue weighted by atomic mass is 32.2. The molecule has 122 valence electrons. The van der Waals surface area contributed by atoms with Crippen molar-refractivity contribution < 1.29 is 0 Å². The number of nitrogens with zero attached hydrogens (tertiary/aromatic N) is 8. The van der Waals surface area contributed by atoms with E-state index in [0.29, 0.717) is 5.75 Å². The number of hydrogen-bond donors (Lipinski definition) is 0. The van der Waals surface area contributed by atoms with Gasteiger partial charge in [0.25, 0.3) is 0 Å². The molecule has 0 amide bonds. The van der Waals surface area contributed by atoms with Crippen molar-refractivity contribution in [1.29, 1.82) is 0 Å². The molecule has 0 unspecified atom stereocenters. The number of thioether (sulfide) groups is 1. The van der Waals surface area contributed by atoms with Crippen molar-refractivity contribution in [1.82, 2.24) is 39.8 Å². The van der Waals surface area contributed by atoms with Crippen LogP contribution in [0.25, 0.3) is 16.6 Å². The van der Waals surface area contributed by atoms with Gasteiger partial charge in [0.05, 0.1) is 11.3 Å². The van der Waals surface area contributed by atoms with Crippen LogP contribution in [0.2, 0.25) is 0 Å². The Bertz CT molecular complexity index is 1010. The third kappa shape index (κ3) is 2.60. The molecule has 0 saturated carbocycles. The van der Waals surface area contributed by atoms with Gasteiger partial charge in [-0.15, -0.1) is 10.2 Å². The molecule has 0 atom stereocenters. The van der Waals surface area contributed by atoms with E-state index in [-0.39, 0.29) is 0 Å². The highest BCUT2D eigenvalue weighted by molar-refractivity contribution is 7.98. The van der Waals surface area contributed by atoms with Crippen molar-refractivity contribution in [3.05, 3.63) is 35.9 Å². The Morgan fingerprint density at radius 3 is 2.92 bits per heavy atom. The van der Waals surface area contributed by atoms with Gasteiger partial charge in [-0.25, -0.2) is 14.6 Å². The molecule has 4 aromatic rings. The van der Waals surface area contributed by atoms with E-state index in [9.17, 15) is 0 Å². The molecule has 0 spiro atoms. The quantitative estimate of drug-likeness (QED) is 0.407. The van der Waals surface area contributed by atoms with Gasteiger partial charge in [-0.2, -0.15) is 4.52 Å². The van der Waals surface area contributed by atoms with E-state index in [1.807, 2.05) is 35.9 Å². The molecule has 3 aromatic heterocycles. The lowest BCUT2D eigenvalue weighted by molar-refractivity contribution is 0.564. The molecule has 0 radical (unpaired) electrons. The highest BCUT2D eigenvalue weighted by Gasteiger charge is 2.14. The third-order valence-corrected chi connectivity index (χ3v) is 4.55. The minimum atomic E-state index is 0.631. The van der Waals surface area contributed by atoms with E-state index in [0.717, 1.165) is 46.3 Å². The zero-order chi connectivity index (χ0) is 16.5. The predicted octanol–water partition coefficient (Wildman–Crippen LogP) is 2.27. The van der Waals surface area contributed by atoms with Crippen molar-refractivity contribution >= 4 is 28.3 Å². The lowest BCUT2D eigenvalue weighted by Crippen LogP contribution is -2.05. The van der Waals surface area contributed by atoms with Crippen LogP contribution in [-0.2, 0) is 12.3 Å². The SMILES string of the molecule is CCCn1nnnc1CSc1nc2ccccc2c2nc(C)nn12. The molecule has 0 bridgehead atoms. The van der Waals surface area contributed by atoms with Crippen LogP contribution < -0.4 is 0 Å². The smallest absolute Gasteiger partial charge is 0.192 e. The molecule has 0 fully saturated rings. The average Bonchev–Trinajstić information content (AvgIpc) is 3.19. The molecule has 9 heteroatoms. The fourth-order valence-electron chi connectivity index (χ4n) is 2.57.